The molecule has 0 unspecified atom stereocenters. The monoisotopic (exact) mass is 310 g/mol. The van der Waals surface area contributed by atoms with Crippen molar-refractivity contribution in [3.8, 4) is 0 Å². The van der Waals surface area contributed by atoms with Crippen LogP contribution in [0.1, 0.15) is 46.0 Å². The molecule has 5 heteroatoms. The molecule has 3 rings (SSSR count). The van der Waals surface area contributed by atoms with Crippen LogP contribution in [0, 0.1) is 0 Å². The molecule has 1 heterocycles. The van der Waals surface area contributed by atoms with E-state index in [0.29, 0.717) is 12.1 Å². The zero-order valence-electron chi connectivity index (χ0n) is 12.9. The van der Waals surface area contributed by atoms with Gasteiger partial charge in [0.2, 0.25) is 0 Å². The van der Waals surface area contributed by atoms with E-state index in [-0.39, 0.29) is 28.9 Å². The van der Waals surface area contributed by atoms with E-state index in [2.05, 4.69) is 5.32 Å². The lowest BCUT2D eigenvalue weighted by Gasteiger charge is -2.11. The fourth-order valence-electron chi connectivity index (χ4n) is 2.41. The predicted octanol–water partition coefficient (Wildman–Crippen LogP) is 1.99. The molecule has 0 spiro atoms. The molecule has 1 aromatic carbocycles. The van der Waals surface area contributed by atoms with Crippen LogP contribution in [0.2, 0.25) is 0 Å². The van der Waals surface area contributed by atoms with Crippen molar-refractivity contribution in [1.29, 1.82) is 0 Å². The van der Waals surface area contributed by atoms with Gasteiger partial charge in [-0.1, -0.05) is 30.3 Å². The van der Waals surface area contributed by atoms with E-state index in [0.717, 1.165) is 18.4 Å². The van der Waals surface area contributed by atoms with E-state index in [1.54, 1.807) is 0 Å². The lowest BCUT2D eigenvalue weighted by atomic mass is 10.1. The second-order valence-corrected chi connectivity index (χ2v) is 5.87. The van der Waals surface area contributed by atoms with E-state index in [4.69, 9.17) is 0 Å². The Morgan fingerprint density at radius 3 is 2.52 bits per heavy atom. The smallest absolute Gasteiger partial charge is 0.261 e. The summed E-state index contributed by atoms with van der Waals surface area (Å²) in [6.07, 6.45) is 3.49. The van der Waals surface area contributed by atoms with E-state index >= 15 is 0 Å². The van der Waals surface area contributed by atoms with Crippen LogP contribution >= 0.6 is 0 Å². The Kier molecular flexibility index (Phi) is 4.10. The maximum absolute atomic E-state index is 12.4. The van der Waals surface area contributed by atoms with Gasteiger partial charge < -0.3 is 9.88 Å². The summed E-state index contributed by atoms with van der Waals surface area (Å²) >= 11 is 0. The molecule has 1 aliphatic rings. The lowest BCUT2D eigenvalue weighted by Crippen LogP contribution is -2.31. The van der Waals surface area contributed by atoms with Gasteiger partial charge in [-0.25, -0.2) is 0 Å². The average molecular weight is 310 g/mol. The molecule has 2 aromatic rings. The third-order valence-electron chi connectivity index (χ3n) is 3.84. The van der Waals surface area contributed by atoms with E-state index in [1.165, 1.54) is 23.8 Å². The first-order valence-corrected chi connectivity index (χ1v) is 7.65. The van der Waals surface area contributed by atoms with Gasteiger partial charge in [0.15, 0.2) is 5.78 Å². The number of hydrogen-bond acceptors (Lipinski definition) is 3. The van der Waals surface area contributed by atoms with Crippen molar-refractivity contribution in [1.82, 2.24) is 9.88 Å². The molecule has 0 bridgehead atoms. The average Bonchev–Trinajstić information content (AvgIpc) is 3.34. The summed E-state index contributed by atoms with van der Waals surface area (Å²) in [5.74, 6) is -0.574. The van der Waals surface area contributed by atoms with Crippen LogP contribution in [0.5, 0.6) is 0 Å². The number of amides is 1. The molecule has 0 saturated heterocycles. The summed E-state index contributed by atoms with van der Waals surface area (Å²) in [5, 5.41) is 2.88. The number of nitrogens with one attached hydrogen (secondary N) is 1. The second-order valence-electron chi connectivity index (χ2n) is 5.87. The van der Waals surface area contributed by atoms with Crippen molar-refractivity contribution in [3.05, 3.63) is 69.6 Å². The molecule has 1 amide bonds. The van der Waals surface area contributed by atoms with Crippen molar-refractivity contribution in [2.75, 3.05) is 0 Å². The maximum Gasteiger partial charge on any atom is 0.261 e. The lowest BCUT2D eigenvalue weighted by molar-refractivity contribution is 0.0950. The fraction of sp³-hybridized carbons (Fsp3) is 0.278. The number of benzene rings is 1. The number of Topliss-reactive ketones (excluding diaryl/α,β-unsaturated/α-hetero) is 1. The minimum atomic E-state index is -0.371. The standard InChI is InChI=1S/C18H18N2O3/c1-12(21)16-9-14(17(22)19-15-7-8-15)11-20(18(16)23)10-13-5-3-2-4-6-13/h2-6,9,11,15H,7-8,10H2,1H3,(H,19,22). The molecule has 1 saturated carbocycles. The first kappa shape index (κ1) is 15.2. The number of ketones is 1. The molecular weight excluding hydrogens is 292 g/mol. The summed E-state index contributed by atoms with van der Waals surface area (Å²) < 4.78 is 1.42. The largest absolute Gasteiger partial charge is 0.349 e. The summed E-state index contributed by atoms with van der Waals surface area (Å²) in [6.45, 7) is 1.66. The summed E-state index contributed by atoms with van der Waals surface area (Å²) in [4.78, 5) is 36.4. The van der Waals surface area contributed by atoms with Gasteiger partial charge in [0.05, 0.1) is 17.7 Å². The first-order chi connectivity index (χ1) is 11.0. The van der Waals surface area contributed by atoms with Crippen LogP contribution in [-0.4, -0.2) is 22.3 Å². The fourth-order valence-corrected chi connectivity index (χ4v) is 2.41. The van der Waals surface area contributed by atoms with Gasteiger partial charge in [0.25, 0.3) is 11.5 Å². The molecule has 118 valence electrons. The molecule has 5 nitrogen and oxygen atoms in total. The molecule has 23 heavy (non-hydrogen) atoms. The van der Waals surface area contributed by atoms with Crippen LogP contribution < -0.4 is 10.9 Å². The first-order valence-electron chi connectivity index (χ1n) is 7.65. The predicted molar refractivity (Wildman–Crippen MR) is 86.7 cm³/mol. The molecule has 0 atom stereocenters. The Morgan fingerprint density at radius 1 is 1.22 bits per heavy atom. The van der Waals surface area contributed by atoms with E-state index in [9.17, 15) is 14.4 Å². The SMILES string of the molecule is CC(=O)c1cc(C(=O)NC2CC2)cn(Cc2ccccc2)c1=O. The molecule has 1 aromatic heterocycles. The van der Waals surface area contributed by atoms with Crippen LogP contribution in [0.15, 0.2) is 47.4 Å². The van der Waals surface area contributed by atoms with Crippen molar-refractivity contribution in [3.63, 3.8) is 0 Å². The Labute approximate surface area is 134 Å². The van der Waals surface area contributed by atoms with Crippen LogP contribution in [0.25, 0.3) is 0 Å². The molecule has 0 radical (unpaired) electrons. The van der Waals surface area contributed by atoms with Crippen molar-refractivity contribution in [2.45, 2.75) is 32.4 Å². The molecule has 0 aliphatic heterocycles. The zero-order valence-corrected chi connectivity index (χ0v) is 12.9. The molecule has 1 N–H and O–H groups in total. The highest BCUT2D eigenvalue weighted by atomic mass is 16.2. The van der Waals surface area contributed by atoms with E-state index in [1.807, 2.05) is 30.3 Å². The number of nitrogens with zero attached hydrogens (tertiary/aromatic N) is 1. The highest BCUT2D eigenvalue weighted by Gasteiger charge is 2.24. The minimum Gasteiger partial charge on any atom is -0.349 e. The Bertz CT molecular complexity index is 805. The van der Waals surface area contributed by atoms with E-state index < -0.39 is 0 Å². The highest BCUT2D eigenvalue weighted by Crippen LogP contribution is 2.19. The number of aromatic nitrogens is 1. The van der Waals surface area contributed by atoms with Crippen LogP contribution in [0.3, 0.4) is 0 Å². The molecule has 1 aliphatic carbocycles. The van der Waals surface area contributed by atoms with Gasteiger partial charge >= 0.3 is 0 Å². The third-order valence-corrected chi connectivity index (χ3v) is 3.84. The zero-order chi connectivity index (χ0) is 16.4. The Balaban J connectivity index is 1.99. The summed E-state index contributed by atoms with van der Waals surface area (Å²) in [6, 6.07) is 11.1. The number of carbonyl (C=O) groups excluding carboxylic acids is 2. The number of hydrogen-bond donors (Lipinski definition) is 1. The quantitative estimate of drug-likeness (QED) is 0.859. The third kappa shape index (κ3) is 3.56. The number of rotatable bonds is 5. The molecular formula is C18H18N2O3. The maximum atomic E-state index is 12.4. The van der Waals surface area contributed by atoms with Crippen LogP contribution in [0.4, 0.5) is 0 Å². The van der Waals surface area contributed by atoms with Crippen molar-refractivity contribution < 1.29 is 9.59 Å². The molecule has 1 fully saturated rings. The van der Waals surface area contributed by atoms with Gasteiger partial charge in [-0.15, -0.1) is 0 Å². The summed E-state index contributed by atoms with van der Waals surface area (Å²) in [7, 11) is 0. The van der Waals surface area contributed by atoms with Crippen molar-refractivity contribution >= 4 is 11.7 Å². The Hall–Kier alpha value is -2.69. The van der Waals surface area contributed by atoms with Gasteiger partial charge in [-0.3, -0.25) is 14.4 Å². The van der Waals surface area contributed by atoms with Gasteiger partial charge in [0, 0.05) is 12.2 Å². The highest BCUT2D eigenvalue weighted by molar-refractivity contribution is 5.99. The van der Waals surface area contributed by atoms with Crippen molar-refractivity contribution in [2.24, 2.45) is 0 Å². The minimum absolute atomic E-state index is 0.0457. The number of pyridine rings is 1. The van der Waals surface area contributed by atoms with Gasteiger partial charge in [-0.2, -0.15) is 0 Å². The van der Waals surface area contributed by atoms with Crippen LogP contribution in [-0.2, 0) is 6.54 Å². The van der Waals surface area contributed by atoms with Gasteiger partial charge in [-0.05, 0) is 31.4 Å². The Morgan fingerprint density at radius 2 is 1.91 bits per heavy atom. The normalized spacial score (nSPS) is 13.6. The topological polar surface area (TPSA) is 68.2 Å². The number of carbonyl (C=O) groups is 2. The summed E-state index contributed by atoms with van der Waals surface area (Å²) in [5.41, 5.74) is 0.954. The second kappa shape index (κ2) is 6.20. The van der Waals surface area contributed by atoms with Gasteiger partial charge in [0.1, 0.15) is 0 Å².